The number of fused-ring (bicyclic) bond motifs is 5. The second-order valence-electron chi connectivity index (χ2n) is 8.30. The van der Waals surface area contributed by atoms with Crippen LogP contribution in [0.3, 0.4) is 0 Å². The molecule has 4 aliphatic rings. The molecule has 4 fully saturated rings. The van der Waals surface area contributed by atoms with E-state index in [1.165, 1.54) is 51.4 Å². The predicted octanol–water partition coefficient (Wildman–Crippen LogP) is 4.60. The lowest BCUT2D eigenvalue weighted by Crippen LogP contribution is -2.47. The van der Waals surface area contributed by atoms with Gasteiger partial charge in [-0.1, -0.05) is 13.3 Å². The number of hydrogen-bond acceptors (Lipinski definition) is 1. The molecule has 19 heavy (non-hydrogen) atoms. The Bertz CT molecular complexity index is 387. The lowest BCUT2D eigenvalue weighted by atomic mass is 9.51. The van der Waals surface area contributed by atoms with Gasteiger partial charge in [0.05, 0.1) is 0 Å². The fourth-order valence-electron chi connectivity index (χ4n) is 6.65. The van der Waals surface area contributed by atoms with Crippen molar-refractivity contribution in [3.63, 3.8) is 0 Å². The largest absolute Gasteiger partial charge is 0.300 e. The standard InChI is InChI=1S/C18H28O/c1-18-9-2-3-17(18)16-6-4-12-11-13(19)5-7-14(12)15(16)8-10-18/h12,14-17H,2-11H2,1H3/t12-,14-,15+,16+,17+,18+/m0/s1. The molecule has 0 heterocycles. The van der Waals surface area contributed by atoms with Gasteiger partial charge in [-0.05, 0) is 80.0 Å². The zero-order valence-electron chi connectivity index (χ0n) is 12.4. The van der Waals surface area contributed by atoms with E-state index in [9.17, 15) is 4.79 Å². The normalized spacial score (nSPS) is 53.3. The van der Waals surface area contributed by atoms with Crippen molar-refractivity contribution in [3.05, 3.63) is 0 Å². The van der Waals surface area contributed by atoms with Crippen LogP contribution in [0.25, 0.3) is 0 Å². The number of carbonyl (C=O) groups is 1. The highest BCUT2D eigenvalue weighted by atomic mass is 16.1. The molecule has 1 heteroatoms. The van der Waals surface area contributed by atoms with Crippen molar-refractivity contribution in [1.29, 1.82) is 0 Å². The fourth-order valence-corrected chi connectivity index (χ4v) is 6.65. The molecule has 0 aliphatic heterocycles. The van der Waals surface area contributed by atoms with Crippen molar-refractivity contribution < 1.29 is 4.79 Å². The minimum absolute atomic E-state index is 0.557. The molecule has 0 spiro atoms. The molecule has 4 aliphatic carbocycles. The van der Waals surface area contributed by atoms with Crippen LogP contribution in [0.2, 0.25) is 0 Å². The lowest BCUT2D eigenvalue weighted by Gasteiger charge is -2.54. The average Bonchev–Trinajstić information content (AvgIpc) is 2.79. The van der Waals surface area contributed by atoms with Gasteiger partial charge in [0, 0.05) is 12.8 Å². The molecule has 4 rings (SSSR count). The van der Waals surface area contributed by atoms with Crippen LogP contribution in [-0.2, 0) is 4.79 Å². The first kappa shape index (κ1) is 12.4. The highest BCUT2D eigenvalue weighted by Crippen LogP contribution is 2.62. The molecule has 0 amide bonds. The van der Waals surface area contributed by atoms with Gasteiger partial charge in [0.25, 0.3) is 0 Å². The van der Waals surface area contributed by atoms with Crippen molar-refractivity contribution in [3.8, 4) is 0 Å². The topological polar surface area (TPSA) is 17.1 Å². The molecular weight excluding hydrogens is 232 g/mol. The summed E-state index contributed by atoms with van der Waals surface area (Å²) in [5, 5.41) is 0. The van der Waals surface area contributed by atoms with E-state index in [0.717, 1.165) is 42.4 Å². The first-order valence-corrected chi connectivity index (χ1v) is 8.69. The monoisotopic (exact) mass is 260 g/mol. The van der Waals surface area contributed by atoms with Crippen molar-refractivity contribution in [1.82, 2.24) is 0 Å². The number of Topliss-reactive ketones (excluding diaryl/α,β-unsaturated/α-hetero) is 1. The fraction of sp³-hybridized carbons (Fsp3) is 0.944. The van der Waals surface area contributed by atoms with Gasteiger partial charge in [0.1, 0.15) is 5.78 Å². The number of ketones is 1. The second-order valence-corrected chi connectivity index (χ2v) is 8.30. The van der Waals surface area contributed by atoms with Crippen LogP contribution in [0.15, 0.2) is 0 Å². The van der Waals surface area contributed by atoms with Crippen LogP contribution in [0.4, 0.5) is 0 Å². The van der Waals surface area contributed by atoms with Gasteiger partial charge in [-0.3, -0.25) is 4.79 Å². The Labute approximate surface area is 117 Å². The third-order valence-corrected chi connectivity index (χ3v) is 7.55. The third kappa shape index (κ3) is 1.83. The molecule has 0 aromatic heterocycles. The van der Waals surface area contributed by atoms with Gasteiger partial charge in [0.15, 0.2) is 0 Å². The summed E-state index contributed by atoms with van der Waals surface area (Å²) in [7, 11) is 0. The van der Waals surface area contributed by atoms with Crippen molar-refractivity contribution in [2.45, 2.75) is 71.1 Å². The molecule has 0 bridgehead atoms. The summed E-state index contributed by atoms with van der Waals surface area (Å²) in [6.07, 6.45) is 13.3. The van der Waals surface area contributed by atoms with E-state index in [4.69, 9.17) is 0 Å². The highest BCUT2D eigenvalue weighted by molar-refractivity contribution is 5.79. The quantitative estimate of drug-likeness (QED) is 0.622. The summed E-state index contributed by atoms with van der Waals surface area (Å²) in [6, 6.07) is 0. The van der Waals surface area contributed by atoms with Crippen molar-refractivity contribution >= 4 is 5.78 Å². The third-order valence-electron chi connectivity index (χ3n) is 7.55. The maximum Gasteiger partial charge on any atom is 0.133 e. The molecule has 0 aromatic rings. The van der Waals surface area contributed by atoms with Gasteiger partial charge < -0.3 is 0 Å². The Morgan fingerprint density at radius 1 is 0.947 bits per heavy atom. The van der Waals surface area contributed by atoms with Crippen LogP contribution in [0.1, 0.15) is 71.1 Å². The SMILES string of the molecule is C[C@]12CCC[C@@H]1[C@@H]1CC[C@H]3CC(=O)CC[C@@H]3[C@H]1CC2. The minimum Gasteiger partial charge on any atom is -0.300 e. The second kappa shape index (κ2) is 4.33. The van der Waals surface area contributed by atoms with Crippen molar-refractivity contribution in [2.75, 3.05) is 0 Å². The first-order chi connectivity index (χ1) is 9.17. The lowest BCUT2D eigenvalue weighted by molar-refractivity contribution is -0.127. The van der Waals surface area contributed by atoms with E-state index in [1.807, 2.05) is 0 Å². The minimum atomic E-state index is 0.557. The summed E-state index contributed by atoms with van der Waals surface area (Å²) in [4.78, 5) is 11.7. The zero-order chi connectivity index (χ0) is 13.0. The molecule has 4 saturated carbocycles. The van der Waals surface area contributed by atoms with E-state index in [0.29, 0.717) is 11.2 Å². The Morgan fingerprint density at radius 3 is 2.74 bits per heavy atom. The van der Waals surface area contributed by atoms with Gasteiger partial charge >= 0.3 is 0 Å². The molecule has 6 atom stereocenters. The van der Waals surface area contributed by atoms with Crippen LogP contribution in [-0.4, -0.2) is 5.78 Å². The van der Waals surface area contributed by atoms with Gasteiger partial charge in [-0.25, -0.2) is 0 Å². The Hall–Kier alpha value is -0.330. The smallest absolute Gasteiger partial charge is 0.133 e. The Balaban J connectivity index is 1.58. The summed E-state index contributed by atoms with van der Waals surface area (Å²) in [6.45, 7) is 2.58. The molecule has 1 nitrogen and oxygen atoms in total. The molecular formula is C18H28O. The van der Waals surface area contributed by atoms with Gasteiger partial charge in [0.2, 0.25) is 0 Å². The number of carbonyl (C=O) groups excluding carboxylic acids is 1. The molecule has 0 saturated heterocycles. The summed E-state index contributed by atoms with van der Waals surface area (Å²) in [5.74, 6) is 5.29. The van der Waals surface area contributed by atoms with Gasteiger partial charge in [-0.2, -0.15) is 0 Å². The first-order valence-electron chi connectivity index (χ1n) is 8.69. The van der Waals surface area contributed by atoms with Crippen LogP contribution in [0.5, 0.6) is 0 Å². The molecule has 0 unspecified atom stereocenters. The van der Waals surface area contributed by atoms with E-state index in [1.54, 1.807) is 0 Å². The van der Waals surface area contributed by atoms with E-state index in [-0.39, 0.29) is 0 Å². The van der Waals surface area contributed by atoms with Crippen LogP contribution < -0.4 is 0 Å². The Kier molecular flexibility index (Phi) is 2.83. The predicted molar refractivity (Wildman–Crippen MR) is 76.7 cm³/mol. The van der Waals surface area contributed by atoms with Crippen LogP contribution in [0, 0.1) is 35.0 Å². The van der Waals surface area contributed by atoms with E-state index < -0.39 is 0 Å². The number of rotatable bonds is 0. The average molecular weight is 260 g/mol. The molecule has 0 N–H and O–H groups in total. The molecule has 106 valence electrons. The highest BCUT2D eigenvalue weighted by Gasteiger charge is 2.53. The molecule has 0 aromatic carbocycles. The van der Waals surface area contributed by atoms with E-state index >= 15 is 0 Å². The summed E-state index contributed by atoms with van der Waals surface area (Å²) < 4.78 is 0. The molecule has 0 radical (unpaired) electrons. The zero-order valence-corrected chi connectivity index (χ0v) is 12.4. The van der Waals surface area contributed by atoms with Crippen LogP contribution >= 0.6 is 0 Å². The maximum atomic E-state index is 11.7. The maximum absolute atomic E-state index is 11.7. The Morgan fingerprint density at radius 2 is 1.84 bits per heavy atom. The summed E-state index contributed by atoms with van der Waals surface area (Å²) >= 11 is 0. The number of hydrogen-bond donors (Lipinski definition) is 0. The summed E-state index contributed by atoms with van der Waals surface area (Å²) in [5.41, 5.74) is 0.693. The van der Waals surface area contributed by atoms with E-state index in [2.05, 4.69) is 6.92 Å². The van der Waals surface area contributed by atoms with Gasteiger partial charge in [-0.15, -0.1) is 0 Å². The van der Waals surface area contributed by atoms with Crippen molar-refractivity contribution in [2.24, 2.45) is 35.0 Å².